The number of benzene rings is 1. The van der Waals surface area contributed by atoms with E-state index in [2.05, 4.69) is 0 Å². The van der Waals surface area contributed by atoms with Crippen molar-refractivity contribution in [2.75, 3.05) is 30.2 Å². The minimum atomic E-state index is -3.32. The lowest BCUT2D eigenvalue weighted by molar-refractivity contribution is 0.336. The van der Waals surface area contributed by atoms with E-state index in [0.29, 0.717) is 17.5 Å². The summed E-state index contributed by atoms with van der Waals surface area (Å²) in [5.74, 6) is 0.768. The Balaban J connectivity index is 2.02. The van der Waals surface area contributed by atoms with Crippen LogP contribution in [0.4, 0.5) is 5.69 Å². The summed E-state index contributed by atoms with van der Waals surface area (Å²) in [4.78, 5) is 0. The maximum Gasteiger partial charge on any atom is 0.232 e. The molecule has 0 N–H and O–H groups in total. The molecule has 0 atom stereocenters. The molecule has 0 amide bonds. The van der Waals surface area contributed by atoms with Crippen LogP contribution >= 0.6 is 23.4 Å². The highest BCUT2D eigenvalue weighted by molar-refractivity contribution is 7.92. The smallest absolute Gasteiger partial charge is 0.232 e. The summed E-state index contributed by atoms with van der Waals surface area (Å²) >= 11 is 12.4. The minimum Gasteiger partial charge on any atom is -0.270 e. The predicted molar refractivity (Wildman–Crippen MR) is 101 cm³/mol. The zero-order valence-corrected chi connectivity index (χ0v) is 16.5. The molecule has 2 fully saturated rings. The molecule has 0 bridgehead atoms. The molecular formula is C17H24Cl2N2O2S. The molecule has 1 aliphatic carbocycles. The summed E-state index contributed by atoms with van der Waals surface area (Å²) in [5.41, 5.74) is 2.76. The molecule has 2 aliphatic rings. The number of halogens is 2. The van der Waals surface area contributed by atoms with Crippen LogP contribution in [0.3, 0.4) is 0 Å². The van der Waals surface area contributed by atoms with Gasteiger partial charge in [-0.1, -0.05) is 11.6 Å². The molecule has 0 unspecified atom stereocenters. The lowest BCUT2D eigenvalue weighted by atomic mass is 9.88. The van der Waals surface area contributed by atoms with E-state index in [4.69, 9.17) is 23.4 Å². The van der Waals surface area contributed by atoms with Crippen molar-refractivity contribution in [2.45, 2.75) is 38.5 Å². The third-order valence-corrected chi connectivity index (χ3v) is 6.87. The summed E-state index contributed by atoms with van der Waals surface area (Å²) in [5, 5.41) is 0.696. The van der Waals surface area contributed by atoms with Crippen LogP contribution in [0.1, 0.15) is 42.7 Å². The van der Waals surface area contributed by atoms with Crippen LogP contribution in [0.5, 0.6) is 0 Å². The Morgan fingerprint density at radius 2 is 1.83 bits per heavy atom. The molecular weight excluding hydrogens is 367 g/mol. The Hall–Kier alpha value is -0.490. The van der Waals surface area contributed by atoms with Crippen LogP contribution in [0, 0.1) is 12.8 Å². The van der Waals surface area contributed by atoms with E-state index < -0.39 is 10.0 Å². The fraction of sp³-hybridized carbons (Fsp3) is 0.647. The summed E-state index contributed by atoms with van der Waals surface area (Å²) in [6.07, 6.45) is 5.34. The second-order valence-electron chi connectivity index (χ2n) is 7.08. The van der Waals surface area contributed by atoms with Crippen LogP contribution in [-0.4, -0.2) is 38.7 Å². The molecule has 1 aromatic rings. The van der Waals surface area contributed by atoms with Gasteiger partial charge >= 0.3 is 0 Å². The second kappa shape index (κ2) is 7.02. The van der Waals surface area contributed by atoms with Gasteiger partial charge in [-0.3, -0.25) is 4.31 Å². The first-order valence-electron chi connectivity index (χ1n) is 8.44. The number of rotatable bonds is 5. The van der Waals surface area contributed by atoms with Gasteiger partial charge in [0.25, 0.3) is 0 Å². The summed E-state index contributed by atoms with van der Waals surface area (Å²) in [6, 6.07) is 3.90. The van der Waals surface area contributed by atoms with E-state index in [9.17, 15) is 8.42 Å². The van der Waals surface area contributed by atoms with Crippen molar-refractivity contribution in [1.29, 1.82) is 0 Å². The highest BCUT2D eigenvalue weighted by Gasteiger charge is 2.32. The summed E-state index contributed by atoms with van der Waals surface area (Å²) in [7, 11) is -3.32. The average Bonchev–Trinajstić information content (AvgIpc) is 3.31. The van der Waals surface area contributed by atoms with Gasteiger partial charge in [0.1, 0.15) is 0 Å². The predicted octanol–water partition coefficient (Wildman–Crippen LogP) is 4.16. The van der Waals surface area contributed by atoms with Gasteiger partial charge in [0, 0.05) is 24.7 Å². The lowest BCUT2D eigenvalue weighted by Crippen LogP contribution is -2.34. The molecule has 0 radical (unpaired) electrons. The monoisotopic (exact) mass is 390 g/mol. The molecule has 1 aliphatic heterocycles. The topological polar surface area (TPSA) is 40.6 Å². The normalized spacial score (nSPS) is 20.3. The molecule has 0 spiro atoms. The van der Waals surface area contributed by atoms with Gasteiger partial charge < -0.3 is 0 Å². The summed E-state index contributed by atoms with van der Waals surface area (Å²) in [6.45, 7) is 4.10. The molecule has 1 aromatic carbocycles. The highest BCUT2D eigenvalue weighted by atomic mass is 35.5. The van der Waals surface area contributed by atoms with Crippen LogP contribution < -0.4 is 4.31 Å². The van der Waals surface area contributed by atoms with Crippen LogP contribution in [0.15, 0.2) is 12.1 Å². The Labute approximate surface area is 154 Å². The van der Waals surface area contributed by atoms with Crippen molar-refractivity contribution >= 4 is 39.1 Å². The van der Waals surface area contributed by atoms with E-state index >= 15 is 0 Å². The lowest BCUT2D eigenvalue weighted by Gasteiger charge is -2.32. The van der Waals surface area contributed by atoms with Crippen molar-refractivity contribution in [2.24, 2.45) is 5.92 Å². The van der Waals surface area contributed by atoms with Gasteiger partial charge in [0.2, 0.25) is 10.0 Å². The molecule has 7 heteroatoms. The number of hydrogen-bond acceptors (Lipinski definition) is 3. The highest BCUT2D eigenvalue weighted by Crippen LogP contribution is 2.41. The van der Waals surface area contributed by atoms with Crippen LogP contribution in [0.2, 0.25) is 5.02 Å². The number of hydrogen-bond donors (Lipinski definition) is 0. The van der Waals surface area contributed by atoms with E-state index in [-0.39, 0.29) is 5.92 Å². The fourth-order valence-corrected chi connectivity index (χ4v) is 4.70. The van der Waals surface area contributed by atoms with Crippen LogP contribution in [-0.2, 0) is 10.0 Å². The minimum absolute atomic E-state index is 0.288. The molecule has 1 saturated heterocycles. The molecule has 1 heterocycles. The molecule has 134 valence electrons. The van der Waals surface area contributed by atoms with E-state index in [0.717, 1.165) is 55.6 Å². The largest absolute Gasteiger partial charge is 0.270 e. The SMILES string of the molecule is Cc1cc(N(CC2CC2)S(C)(=O)=O)c(C2CCN(Cl)CC2)cc1Cl. The molecule has 1 saturated carbocycles. The van der Waals surface area contributed by atoms with Crippen molar-refractivity contribution in [3.05, 3.63) is 28.3 Å². The zero-order valence-electron chi connectivity index (χ0n) is 14.1. The number of nitrogens with zero attached hydrogens (tertiary/aromatic N) is 2. The van der Waals surface area contributed by atoms with Crippen molar-refractivity contribution < 1.29 is 8.42 Å². The van der Waals surface area contributed by atoms with Gasteiger partial charge in [0.05, 0.1) is 11.9 Å². The van der Waals surface area contributed by atoms with Gasteiger partial charge in [-0.15, -0.1) is 0 Å². The first-order valence-corrected chi connectivity index (χ1v) is 11.0. The Bertz CT molecular complexity index is 712. The van der Waals surface area contributed by atoms with Crippen molar-refractivity contribution in [3.63, 3.8) is 0 Å². The van der Waals surface area contributed by atoms with Crippen molar-refractivity contribution in [1.82, 2.24) is 4.42 Å². The van der Waals surface area contributed by atoms with E-state index in [1.54, 1.807) is 8.72 Å². The van der Waals surface area contributed by atoms with E-state index in [1.807, 2.05) is 19.1 Å². The summed E-state index contributed by atoms with van der Waals surface area (Å²) < 4.78 is 28.3. The van der Waals surface area contributed by atoms with Crippen molar-refractivity contribution in [3.8, 4) is 0 Å². The molecule has 24 heavy (non-hydrogen) atoms. The Morgan fingerprint density at radius 1 is 1.21 bits per heavy atom. The van der Waals surface area contributed by atoms with Crippen LogP contribution in [0.25, 0.3) is 0 Å². The third-order valence-electron chi connectivity index (χ3n) is 4.98. The molecule has 3 rings (SSSR count). The zero-order chi connectivity index (χ0) is 17.5. The van der Waals surface area contributed by atoms with Gasteiger partial charge in [-0.2, -0.15) is 0 Å². The van der Waals surface area contributed by atoms with Gasteiger partial charge in [-0.25, -0.2) is 12.8 Å². The number of sulfonamides is 1. The standard InChI is InChI=1S/C17H24Cl2N2O2S/c1-12-9-17(21(24(2,22)23)11-13-3-4-13)15(10-16(12)18)14-5-7-20(19)8-6-14/h9-10,13-14H,3-8,11H2,1-2H3. The first kappa shape index (κ1) is 18.3. The molecule has 0 aromatic heterocycles. The fourth-order valence-electron chi connectivity index (χ4n) is 3.33. The van der Waals surface area contributed by atoms with E-state index in [1.165, 1.54) is 6.26 Å². The number of aryl methyl sites for hydroxylation is 1. The second-order valence-corrected chi connectivity index (χ2v) is 9.87. The average molecular weight is 391 g/mol. The Kier molecular flexibility index (Phi) is 5.36. The molecule has 4 nitrogen and oxygen atoms in total. The first-order chi connectivity index (χ1) is 11.3. The number of piperidine rings is 1. The van der Waals surface area contributed by atoms with Gasteiger partial charge in [-0.05, 0) is 79.5 Å². The number of anilines is 1. The third kappa shape index (κ3) is 4.18. The van der Waals surface area contributed by atoms with Gasteiger partial charge in [0.15, 0.2) is 0 Å². The quantitative estimate of drug-likeness (QED) is 0.708. The maximum absolute atomic E-state index is 12.4. The Morgan fingerprint density at radius 3 is 2.38 bits per heavy atom. The maximum atomic E-state index is 12.4.